The van der Waals surface area contributed by atoms with E-state index in [1.807, 2.05) is 31.2 Å². The number of hydrogen-bond donors (Lipinski definition) is 0. The average molecular weight is 335 g/mol. The SMILES string of the molecule is Cc1ccccc1-c1nc(=O)n(C2CC2)c2ccc([N+](=O)[O-])c(C)c12. The van der Waals surface area contributed by atoms with Crippen LogP contribution in [0, 0.1) is 24.0 Å². The highest BCUT2D eigenvalue weighted by Gasteiger charge is 2.29. The van der Waals surface area contributed by atoms with Crippen molar-refractivity contribution in [2.24, 2.45) is 0 Å². The molecule has 25 heavy (non-hydrogen) atoms. The molecule has 0 amide bonds. The zero-order chi connectivity index (χ0) is 17.7. The molecule has 6 nitrogen and oxygen atoms in total. The second-order valence-corrected chi connectivity index (χ2v) is 6.52. The zero-order valence-corrected chi connectivity index (χ0v) is 14.0. The first-order chi connectivity index (χ1) is 12.0. The van der Waals surface area contributed by atoms with Crippen molar-refractivity contribution in [2.45, 2.75) is 32.7 Å². The number of fused-ring (bicyclic) bond motifs is 1. The van der Waals surface area contributed by atoms with Crippen LogP contribution in [-0.4, -0.2) is 14.5 Å². The quantitative estimate of drug-likeness (QED) is 0.537. The Kier molecular flexibility index (Phi) is 3.42. The number of nitro groups is 1. The van der Waals surface area contributed by atoms with Crippen LogP contribution in [0.5, 0.6) is 0 Å². The number of aryl methyl sites for hydroxylation is 2. The number of rotatable bonds is 3. The van der Waals surface area contributed by atoms with Gasteiger partial charge in [-0.1, -0.05) is 24.3 Å². The van der Waals surface area contributed by atoms with E-state index in [0.29, 0.717) is 16.6 Å². The smallest absolute Gasteiger partial charge is 0.289 e. The van der Waals surface area contributed by atoms with E-state index in [0.717, 1.165) is 29.5 Å². The molecule has 1 fully saturated rings. The van der Waals surface area contributed by atoms with Gasteiger partial charge >= 0.3 is 5.69 Å². The minimum atomic E-state index is -0.386. The van der Waals surface area contributed by atoms with E-state index in [1.54, 1.807) is 17.6 Å². The molecule has 4 rings (SSSR count). The van der Waals surface area contributed by atoms with Crippen LogP contribution in [-0.2, 0) is 0 Å². The predicted molar refractivity (Wildman–Crippen MR) is 95.8 cm³/mol. The molecule has 1 aromatic heterocycles. The lowest BCUT2D eigenvalue weighted by molar-refractivity contribution is -0.385. The Hall–Kier alpha value is -3.02. The van der Waals surface area contributed by atoms with Crippen LogP contribution >= 0.6 is 0 Å². The van der Waals surface area contributed by atoms with Crippen molar-refractivity contribution in [1.82, 2.24) is 9.55 Å². The highest BCUT2D eigenvalue weighted by molar-refractivity contribution is 5.97. The maximum absolute atomic E-state index is 12.7. The summed E-state index contributed by atoms with van der Waals surface area (Å²) in [5, 5.41) is 12.1. The Morgan fingerprint density at radius 1 is 1.16 bits per heavy atom. The Morgan fingerprint density at radius 2 is 1.88 bits per heavy atom. The van der Waals surface area contributed by atoms with Gasteiger partial charge in [0.25, 0.3) is 5.69 Å². The molecule has 0 bridgehead atoms. The molecule has 3 aromatic rings. The zero-order valence-electron chi connectivity index (χ0n) is 14.0. The minimum Gasteiger partial charge on any atom is -0.289 e. The average Bonchev–Trinajstić information content (AvgIpc) is 3.39. The third-order valence-corrected chi connectivity index (χ3v) is 4.83. The monoisotopic (exact) mass is 335 g/mol. The van der Waals surface area contributed by atoms with Gasteiger partial charge in [0, 0.05) is 28.6 Å². The van der Waals surface area contributed by atoms with Gasteiger partial charge in [0.2, 0.25) is 0 Å². The van der Waals surface area contributed by atoms with Crippen molar-refractivity contribution in [3.8, 4) is 11.3 Å². The molecule has 2 aromatic carbocycles. The topological polar surface area (TPSA) is 78.0 Å². The fourth-order valence-corrected chi connectivity index (χ4v) is 3.41. The predicted octanol–water partition coefficient (Wildman–Crippen LogP) is 3.92. The van der Waals surface area contributed by atoms with Crippen LogP contribution < -0.4 is 5.69 Å². The fourth-order valence-electron chi connectivity index (χ4n) is 3.41. The Morgan fingerprint density at radius 3 is 2.52 bits per heavy atom. The summed E-state index contributed by atoms with van der Waals surface area (Å²) in [7, 11) is 0. The van der Waals surface area contributed by atoms with Crippen molar-refractivity contribution >= 4 is 16.6 Å². The van der Waals surface area contributed by atoms with E-state index in [4.69, 9.17) is 0 Å². The van der Waals surface area contributed by atoms with Gasteiger partial charge in [-0.05, 0) is 38.3 Å². The second-order valence-electron chi connectivity index (χ2n) is 6.52. The van der Waals surface area contributed by atoms with Gasteiger partial charge in [-0.15, -0.1) is 0 Å². The molecule has 6 heteroatoms. The second kappa shape index (κ2) is 5.51. The molecule has 1 saturated carbocycles. The highest BCUT2D eigenvalue weighted by Crippen LogP contribution is 2.39. The van der Waals surface area contributed by atoms with Gasteiger partial charge < -0.3 is 0 Å². The number of hydrogen-bond acceptors (Lipinski definition) is 4. The molecule has 0 N–H and O–H groups in total. The molecule has 0 unspecified atom stereocenters. The molecular weight excluding hydrogens is 318 g/mol. The molecule has 0 atom stereocenters. The molecule has 0 saturated heterocycles. The van der Waals surface area contributed by atoms with Crippen LogP contribution in [0.1, 0.15) is 30.0 Å². The normalized spacial score (nSPS) is 14.0. The molecule has 1 aliphatic rings. The van der Waals surface area contributed by atoms with Crippen LogP contribution in [0.25, 0.3) is 22.2 Å². The molecule has 126 valence electrons. The Balaban J connectivity index is 2.17. The van der Waals surface area contributed by atoms with Crippen molar-refractivity contribution in [2.75, 3.05) is 0 Å². The number of benzene rings is 2. The lowest BCUT2D eigenvalue weighted by atomic mass is 9.98. The van der Waals surface area contributed by atoms with E-state index >= 15 is 0 Å². The van der Waals surface area contributed by atoms with Gasteiger partial charge in [-0.3, -0.25) is 14.7 Å². The molecule has 0 spiro atoms. The van der Waals surface area contributed by atoms with Gasteiger partial charge in [0.15, 0.2) is 0 Å². The third-order valence-electron chi connectivity index (χ3n) is 4.83. The van der Waals surface area contributed by atoms with E-state index in [9.17, 15) is 14.9 Å². The Bertz CT molecular complexity index is 1080. The van der Waals surface area contributed by atoms with Crippen molar-refractivity contribution < 1.29 is 4.92 Å². The van der Waals surface area contributed by atoms with Crippen molar-refractivity contribution in [1.29, 1.82) is 0 Å². The molecule has 0 aliphatic heterocycles. The number of nitrogens with zero attached hydrogens (tertiary/aromatic N) is 3. The van der Waals surface area contributed by atoms with E-state index in [2.05, 4.69) is 4.98 Å². The first-order valence-electron chi connectivity index (χ1n) is 8.25. The molecular formula is C19H17N3O3. The van der Waals surface area contributed by atoms with Crippen molar-refractivity contribution in [3.63, 3.8) is 0 Å². The lowest BCUT2D eigenvalue weighted by Gasteiger charge is -2.15. The summed E-state index contributed by atoms with van der Waals surface area (Å²) in [6, 6.07) is 11.0. The van der Waals surface area contributed by atoms with E-state index in [-0.39, 0.29) is 22.3 Å². The van der Waals surface area contributed by atoms with Crippen LogP contribution in [0.4, 0.5) is 5.69 Å². The summed E-state index contributed by atoms with van der Waals surface area (Å²) in [4.78, 5) is 28.0. The Labute approximate surface area is 143 Å². The van der Waals surface area contributed by atoms with Gasteiger partial charge in [0.1, 0.15) is 0 Å². The van der Waals surface area contributed by atoms with Crippen LogP contribution in [0.15, 0.2) is 41.2 Å². The largest absolute Gasteiger partial charge is 0.348 e. The van der Waals surface area contributed by atoms with E-state index < -0.39 is 0 Å². The summed E-state index contributed by atoms with van der Waals surface area (Å²) in [5.74, 6) is 0. The lowest BCUT2D eigenvalue weighted by Crippen LogP contribution is -2.23. The molecule has 1 heterocycles. The number of aromatic nitrogens is 2. The summed E-state index contributed by atoms with van der Waals surface area (Å²) >= 11 is 0. The van der Waals surface area contributed by atoms with Gasteiger partial charge in [-0.25, -0.2) is 4.79 Å². The van der Waals surface area contributed by atoms with Crippen LogP contribution in [0.3, 0.4) is 0 Å². The summed E-state index contributed by atoms with van der Waals surface area (Å²) in [5.41, 5.74) is 3.36. The summed E-state index contributed by atoms with van der Waals surface area (Å²) in [6.07, 6.45) is 1.88. The number of nitro benzene ring substituents is 1. The molecule has 1 aliphatic carbocycles. The van der Waals surface area contributed by atoms with Crippen molar-refractivity contribution in [3.05, 3.63) is 68.1 Å². The maximum Gasteiger partial charge on any atom is 0.348 e. The maximum atomic E-state index is 12.7. The minimum absolute atomic E-state index is 0.0464. The third kappa shape index (κ3) is 2.41. The summed E-state index contributed by atoms with van der Waals surface area (Å²) < 4.78 is 1.69. The van der Waals surface area contributed by atoms with Gasteiger partial charge in [0.05, 0.1) is 16.1 Å². The summed E-state index contributed by atoms with van der Waals surface area (Å²) in [6.45, 7) is 3.67. The fraction of sp³-hybridized carbons (Fsp3) is 0.263. The van der Waals surface area contributed by atoms with Crippen LogP contribution in [0.2, 0.25) is 0 Å². The van der Waals surface area contributed by atoms with Gasteiger partial charge in [-0.2, -0.15) is 4.98 Å². The molecule has 0 radical (unpaired) electrons. The van der Waals surface area contributed by atoms with E-state index in [1.165, 1.54) is 6.07 Å². The standard InChI is InChI=1S/C19H17N3O3/c1-11-5-3-4-6-14(11)18-17-12(2)15(22(24)25)9-10-16(17)21(13-7-8-13)19(23)20-18/h3-6,9-10,13H,7-8H2,1-2H3. The highest BCUT2D eigenvalue weighted by atomic mass is 16.6. The first kappa shape index (κ1) is 15.5. The first-order valence-corrected chi connectivity index (χ1v) is 8.25.